The Kier molecular flexibility index (Phi) is 9.62. The predicted molar refractivity (Wildman–Crippen MR) is 142 cm³/mol. The lowest BCUT2D eigenvalue weighted by atomic mass is 9.90. The number of unbranched alkanes of at least 4 members (excludes halogenated alkanes) is 2. The minimum absolute atomic E-state index is 0.0124. The standard InChI is InChI=1S/C30H43NO4/c1-6-8-9-11-27(10-7-2)35-28(32)31-29(3,4)25-16-12-23(13-17-25)24-14-18-26(19-15-24)34-22-30(5)20-33-21-30/h12-19,27H,6-11,20-22H2,1-5H3,(H,31,32). The Bertz CT molecular complexity index is 916. The van der Waals surface area contributed by atoms with Gasteiger partial charge in [-0.3, -0.25) is 0 Å². The van der Waals surface area contributed by atoms with Crippen molar-refractivity contribution in [2.75, 3.05) is 19.8 Å². The van der Waals surface area contributed by atoms with Crippen molar-refractivity contribution in [2.45, 2.75) is 84.8 Å². The first-order valence-corrected chi connectivity index (χ1v) is 13.1. The van der Waals surface area contributed by atoms with Gasteiger partial charge in [-0.2, -0.15) is 0 Å². The SMILES string of the molecule is CCCCCC(CCC)OC(=O)NC(C)(C)c1ccc(-c2ccc(OCC3(C)COC3)cc2)cc1. The Morgan fingerprint density at radius 3 is 2.14 bits per heavy atom. The lowest BCUT2D eigenvalue weighted by Crippen LogP contribution is -2.44. The van der Waals surface area contributed by atoms with Gasteiger partial charge in [-0.25, -0.2) is 4.79 Å². The van der Waals surface area contributed by atoms with Crippen LogP contribution in [-0.4, -0.2) is 32.0 Å². The van der Waals surface area contributed by atoms with Crippen LogP contribution in [0.25, 0.3) is 11.1 Å². The molecule has 1 aliphatic rings. The number of rotatable bonds is 13. The molecule has 1 heterocycles. The van der Waals surface area contributed by atoms with Crippen molar-refractivity contribution in [3.8, 4) is 16.9 Å². The molecule has 0 aliphatic carbocycles. The van der Waals surface area contributed by atoms with Crippen LogP contribution in [0.1, 0.15) is 78.7 Å². The predicted octanol–water partition coefficient (Wildman–Crippen LogP) is 7.48. The average molecular weight is 482 g/mol. The quantitative estimate of drug-likeness (QED) is 0.301. The largest absolute Gasteiger partial charge is 0.493 e. The molecule has 1 atom stereocenters. The highest BCUT2D eigenvalue weighted by Gasteiger charge is 2.34. The Labute approximate surface area is 211 Å². The zero-order valence-electron chi connectivity index (χ0n) is 22.2. The molecule has 3 rings (SSSR count). The molecule has 1 saturated heterocycles. The summed E-state index contributed by atoms with van der Waals surface area (Å²) >= 11 is 0. The summed E-state index contributed by atoms with van der Waals surface area (Å²) in [5.41, 5.74) is 2.88. The van der Waals surface area contributed by atoms with Crippen molar-refractivity contribution in [3.63, 3.8) is 0 Å². The Morgan fingerprint density at radius 1 is 0.971 bits per heavy atom. The van der Waals surface area contributed by atoms with Crippen molar-refractivity contribution < 1.29 is 19.0 Å². The Balaban J connectivity index is 1.55. The van der Waals surface area contributed by atoms with Crippen molar-refractivity contribution in [1.82, 2.24) is 5.32 Å². The number of carbonyl (C=O) groups is 1. The summed E-state index contributed by atoms with van der Waals surface area (Å²) in [5, 5.41) is 3.07. The molecule has 0 saturated carbocycles. The zero-order chi connectivity index (χ0) is 25.3. The monoisotopic (exact) mass is 481 g/mol. The van der Waals surface area contributed by atoms with Crippen molar-refractivity contribution in [2.24, 2.45) is 5.41 Å². The molecule has 0 aromatic heterocycles. The fraction of sp³-hybridized carbons (Fsp3) is 0.567. The van der Waals surface area contributed by atoms with E-state index < -0.39 is 5.54 Å². The van der Waals surface area contributed by atoms with Crippen LogP contribution in [0.3, 0.4) is 0 Å². The fourth-order valence-corrected chi connectivity index (χ4v) is 4.33. The van der Waals surface area contributed by atoms with E-state index in [1.165, 1.54) is 12.8 Å². The summed E-state index contributed by atoms with van der Waals surface area (Å²) in [6.45, 7) is 12.7. The van der Waals surface area contributed by atoms with E-state index >= 15 is 0 Å². The third-order valence-corrected chi connectivity index (χ3v) is 6.71. The molecule has 1 aliphatic heterocycles. The number of hydrogen-bond donors (Lipinski definition) is 1. The van der Waals surface area contributed by atoms with Crippen LogP contribution in [0.4, 0.5) is 4.79 Å². The van der Waals surface area contributed by atoms with Crippen LogP contribution < -0.4 is 10.1 Å². The molecule has 0 radical (unpaired) electrons. The van der Waals surface area contributed by atoms with Crippen LogP contribution in [0.15, 0.2) is 48.5 Å². The molecule has 1 amide bonds. The van der Waals surface area contributed by atoms with Gasteiger partial charge in [-0.1, -0.05) is 76.4 Å². The summed E-state index contributed by atoms with van der Waals surface area (Å²) < 4.78 is 17.0. The first-order chi connectivity index (χ1) is 16.7. The first kappa shape index (κ1) is 27.1. The minimum atomic E-state index is -0.533. The second kappa shape index (κ2) is 12.4. The lowest BCUT2D eigenvalue weighted by Gasteiger charge is -2.37. The van der Waals surface area contributed by atoms with E-state index in [2.05, 4.69) is 62.5 Å². The average Bonchev–Trinajstić information content (AvgIpc) is 2.82. The number of amides is 1. The molecular weight excluding hydrogens is 438 g/mol. The molecule has 35 heavy (non-hydrogen) atoms. The normalized spacial score (nSPS) is 15.7. The smallest absolute Gasteiger partial charge is 0.408 e. The Hall–Kier alpha value is -2.53. The molecule has 1 unspecified atom stereocenters. The van der Waals surface area contributed by atoms with Crippen LogP contribution in [0.5, 0.6) is 5.75 Å². The molecular formula is C30H43NO4. The van der Waals surface area contributed by atoms with E-state index in [1.54, 1.807) is 0 Å². The van der Waals surface area contributed by atoms with E-state index in [-0.39, 0.29) is 17.6 Å². The zero-order valence-corrected chi connectivity index (χ0v) is 22.2. The molecule has 1 fully saturated rings. The number of benzene rings is 2. The second-order valence-corrected chi connectivity index (χ2v) is 10.8. The lowest BCUT2D eigenvalue weighted by molar-refractivity contribution is -0.120. The van der Waals surface area contributed by atoms with Gasteiger partial charge in [-0.05, 0) is 61.9 Å². The maximum Gasteiger partial charge on any atom is 0.408 e. The van der Waals surface area contributed by atoms with Gasteiger partial charge in [-0.15, -0.1) is 0 Å². The third-order valence-electron chi connectivity index (χ3n) is 6.71. The Morgan fingerprint density at radius 2 is 1.60 bits per heavy atom. The molecule has 192 valence electrons. The van der Waals surface area contributed by atoms with Crippen molar-refractivity contribution in [3.05, 3.63) is 54.1 Å². The molecule has 0 spiro atoms. The molecule has 1 N–H and O–H groups in total. The number of hydrogen-bond acceptors (Lipinski definition) is 4. The number of nitrogens with one attached hydrogen (secondary N) is 1. The van der Waals surface area contributed by atoms with Crippen LogP contribution in [0.2, 0.25) is 0 Å². The minimum Gasteiger partial charge on any atom is -0.493 e. The van der Waals surface area contributed by atoms with Gasteiger partial charge in [0.2, 0.25) is 0 Å². The maximum absolute atomic E-state index is 12.7. The van der Waals surface area contributed by atoms with E-state index in [1.807, 2.05) is 26.0 Å². The summed E-state index contributed by atoms with van der Waals surface area (Å²) in [4.78, 5) is 12.7. The van der Waals surface area contributed by atoms with Crippen LogP contribution in [-0.2, 0) is 15.0 Å². The summed E-state index contributed by atoms with van der Waals surface area (Å²) in [7, 11) is 0. The van der Waals surface area contributed by atoms with Gasteiger partial charge in [0, 0.05) is 5.41 Å². The van der Waals surface area contributed by atoms with Crippen LogP contribution >= 0.6 is 0 Å². The fourth-order valence-electron chi connectivity index (χ4n) is 4.33. The van der Waals surface area contributed by atoms with Gasteiger partial charge in [0.25, 0.3) is 0 Å². The van der Waals surface area contributed by atoms with Gasteiger partial charge < -0.3 is 19.5 Å². The number of ether oxygens (including phenoxy) is 3. The highest BCUT2D eigenvalue weighted by molar-refractivity contribution is 5.69. The molecule has 5 heteroatoms. The third kappa shape index (κ3) is 7.99. The van der Waals surface area contributed by atoms with E-state index in [0.29, 0.717) is 6.61 Å². The van der Waals surface area contributed by atoms with Crippen molar-refractivity contribution >= 4 is 6.09 Å². The van der Waals surface area contributed by atoms with E-state index in [9.17, 15) is 4.79 Å². The maximum atomic E-state index is 12.7. The van der Waals surface area contributed by atoms with Gasteiger partial charge in [0.1, 0.15) is 11.9 Å². The van der Waals surface area contributed by atoms with Crippen LogP contribution in [0, 0.1) is 5.41 Å². The van der Waals surface area contributed by atoms with E-state index in [4.69, 9.17) is 14.2 Å². The molecule has 0 bridgehead atoms. The first-order valence-electron chi connectivity index (χ1n) is 13.1. The molecule has 2 aromatic carbocycles. The van der Waals surface area contributed by atoms with Crippen molar-refractivity contribution in [1.29, 1.82) is 0 Å². The highest BCUT2D eigenvalue weighted by Crippen LogP contribution is 2.29. The number of alkyl carbamates (subject to hydrolysis) is 1. The topological polar surface area (TPSA) is 56.8 Å². The summed E-state index contributed by atoms with van der Waals surface area (Å²) in [5.74, 6) is 0.874. The second-order valence-electron chi connectivity index (χ2n) is 10.8. The van der Waals surface area contributed by atoms with E-state index in [0.717, 1.165) is 61.3 Å². The van der Waals surface area contributed by atoms with Gasteiger partial charge >= 0.3 is 6.09 Å². The summed E-state index contributed by atoms with van der Waals surface area (Å²) in [6, 6.07) is 16.5. The molecule has 2 aromatic rings. The number of carbonyl (C=O) groups excluding carboxylic acids is 1. The molecule has 5 nitrogen and oxygen atoms in total. The summed E-state index contributed by atoms with van der Waals surface area (Å²) in [6.07, 6.45) is 5.94. The van der Waals surface area contributed by atoms with Gasteiger partial charge in [0.15, 0.2) is 0 Å². The van der Waals surface area contributed by atoms with Gasteiger partial charge in [0.05, 0.1) is 25.4 Å². The highest BCUT2D eigenvalue weighted by atomic mass is 16.6.